The Morgan fingerprint density at radius 2 is 1.29 bits per heavy atom. The van der Waals surface area contributed by atoms with Crippen molar-refractivity contribution in [3.63, 3.8) is 0 Å². The number of benzene rings is 2. The van der Waals surface area contributed by atoms with Crippen LogP contribution in [-0.4, -0.2) is 32.9 Å². The van der Waals surface area contributed by atoms with Gasteiger partial charge < -0.3 is 4.74 Å². The summed E-state index contributed by atoms with van der Waals surface area (Å²) < 4.78 is 5.74. The standard InChI is InChI=1S/C33H18N4O6S3.C5H3ClOS.CH4/c34-19-24-23(20-7-3-8-21(17-20)37(41)42)18-25(22-9-1-2-10-26(22)43-33(40)29-13-6-16-46-29)35-30(24)36(31(38)27-11-4-14-44-27)32(39)28-12-5-15-45-28;6-5(7)4-2-1-3-8-4;/h1-18H;1-3H;1H4. The van der Waals surface area contributed by atoms with Gasteiger partial charge in [0.2, 0.25) is 0 Å². The number of nitriles is 1. The summed E-state index contributed by atoms with van der Waals surface area (Å²) in [6.07, 6.45) is 0. The Labute approximate surface area is 335 Å². The number of aromatic nitrogens is 1. The zero-order valence-electron chi connectivity index (χ0n) is 27.3. The predicted molar refractivity (Wildman–Crippen MR) is 217 cm³/mol. The van der Waals surface area contributed by atoms with E-state index in [-0.39, 0.29) is 62.1 Å². The van der Waals surface area contributed by atoms with Crippen LogP contribution in [0.1, 0.15) is 51.7 Å². The van der Waals surface area contributed by atoms with Crippen LogP contribution in [-0.2, 0) is 0 Å². The maximum Gasteiger partial charge on any atom is 0.353 e. The number of hydrogen-bond donors (Lipinski definition) is 0. The number of anilines is 1. The molecule has 0 bridgehead atoms. The third kappa shape index (κ3) is 9.15. The van der Waals surface area contributed by atoms with E-state index in [1.807, 2.05) is 5.38 Å². The number of imide groups is 1. The fraction of sp³-hybridized carbons (Fsp3) is 0.0256. The smallest absolute Gasteiger partial charge is 0.353 e. The lowest BCUT2D eigenvalue weighted by Gasteiger charge is -2.22. The van der Waals surface area contributed by atoms with E-state index in [4.69, 9.17) is 21.3 Å². The first-order chi connectivity index (χ1) is 26.2. The summed E-state index contributed by atoms with van der Waals surface area (Å²) in [4.78, 5) is 69.3. The molecule has 0 saturated carbocycles. The molecule has 0 radical (unpaired) electrons. The number of non-ortho nitro benzene ring substituents is 1. The molecule has 5 aromatic heterocycles. The number of para-hydroxylation sites is 1. The number of carbonyl (C=O) groups is 4. The average Bonchev–Trinajstić information content (AvgIpc) is 4.04. The molecule has 7 aromatic rings. The van der Waals surface area contributed by atoms with Crippen LogP contribution >= 0.6 is 56.9 Å². The van der Waals surface area contributed by atoms with Crippen molar-refractivity contribution in [2.45, 2.75) is 7.43 Å². The maximum absolute atomic E-state index is 14.0. The number of amides is 2. The normalized spacial score (nSPS) is 10.2. The van der Waals surface area contributed by atoms with Crippen LogP contribution in [0.4, 0.5) is 11.5 Å². The lowest BCUT2D eigenvalue weighted by molar-refractivity contribution is -0.384. The Bertz CT molecular complexity index is 2470. The molecule has 5 heterocycles. The van der Waals surface area contributed by atoms with Gasteiger partial charge in [0.05, 0.1) is 25.2 Å². The van der Waals surface area contributed by atoms with Crippen molar-refractivity contribution < 1.29 is 28.8 Å². The van der Waals surface area contributed by atoms with Crippen molar-refractivity contribution >= 4 is 91.5 Å². The molecule has 55 heavy (non-hydrogen) atoms. The number of ether oxygens (including phenoxy) is 1. The van der Waals surface area contributed by atoms with Crippen LogP contribution in [0.3, 0.4) is 0 Å². The predicted octanol–water partition coefficient (Wildman–Crippen LogP) is 10.8. The number of hydrogen-bond acceptors (Lipinski definition) is 13. The molecule has 0 N–H and O–H groups in total. The number of carbonyl (C=O) groups excluding carboxylic acids is 4. The molecule has 274 valence electrons. The fourth-order valence-electron chi connectivity index (χ4n) is 4.96. The van der Waals surface area contributed by atoms with Gasteiger partial charge in [-0.25, -0.2) is 14.7 Å². The topological polar surface area (TPSA) is 161 Å². The summed E-state index contributed by atoms with van der Waals surface area (Å²) in [5.74, 6) is -2.17. The van der Waals surface area contributed by atoms with Gasteiger partial charge in [0, 0.05) is 23.3 Å². The highest BCUT2D eigenvalue weighted by atomic mass is 35.5. The van der Waals surface area contributed by atoms with Crippen molar-refractivity contribution in [3.8, 4) is 34.2 Å². The molecule has 0 aliphatic carbocycles. The first-order valence-corrected chi connectivity index (χ1v) is 19.3. The molecule has 0 saturated heterocycles. The Kier molecular flexibility index (Phi) is 13.3. The van der Waals surface area contributed by atoms with Gasteiger partial charge >= 0.3 is 5.97 Å². The molecular formula is C39H25ClN4O7S4. The van der Waals surface area contributed by atoms with Gasteiger partial charge in [-0.15, -0.1) is 45.3 Å². The van der Waals surface area contributed by atoms with Gasteiger partial charge in [0.1, 0.15) is 22.3 Å². The first-order valence-electron chi connectivity index (χ1n) is 15.4. The van der Waals surface area contributed by atoms with Crippen LogP contribution in [0.2, 0.25) is 0 Å². The molecule has 11 nitrogen and oxygen atoms in total. The van der Waals surface area contributed by atoms with Crippen LogP contribution in [0.15, 0.2) is 125 Å². The second-order valence-corrected chi connectivity index (χ2v) is 14.8. The molecule has 2 amide bonds. The van der Waals surface area contributed by atoms with Gasteiger partial charge in [-0.2, -0.15) is 5.26 Å². The van der Waals surface area contributed by atoms with E-state index in [0.717, 1.165) is 27.6 Å². The zero-order valence-corrected chi connectivity index (χ0v) is 31.3. The highest BCUT2D eigenvalue weighted by Gasteiger charge is 2.33. The van der Waals surface area contributed by atoms with E-state index < -0.39 is 22.7 Å². The van der Waals surface area contributed by atoms with Crippen LogP contribution < -0.4 is 9.64 Å². The number of pyridine rings is 1. The minimum absolute atomic E-state index is 0. The average molecular weight is 825 g/mol. The summed E-state index contributed by atoms with van der Waals surface area (Å²) in [5.41, 5.74) is 0.522. The highest BCUT2D eigenvalue weighted by Crippen LogP contribution is 2.39. The number of esters is 1. The lowest BCUT2D eigenvalue weighted by Crippen LogP contribution is -2.37. The number of nitro groups is 1. The van der Waals surface area contributed by atoms with Crippen LogP contribution in [0, 0.1) is 21.4 Å². The van der Waals surface area contributed by atoms with Crippen molar-refractivity contribution in [2.24, 2.45) is 0 Å². The quantitative estimate of drug-likeness (QED) is 0.0344. The Balaban J connectivity index is 0.000000574. The molecule has 0 spiro atoms. The summed E-state index contributed by atoms with van der Waals surface area (Å²) in [5, 5.41) is 28.7. The minimum Gasteiger partial charge on any atom is -0.422 e. The van der Waals surface area contributed by atoms with Gasteiger partial charge in [-0.05, 0) is 81.1 Å². The number of rotatable bonds is 9. The van der Waals surface area contributed by atoms with Gasteiger partial charge in [-0.3, -0.25) is 24.5 Å². The molecule has 2 aromatic carbocycles. The first kappa shape index (κ1) is 40.0. The molecule has 0 unspecified atom stereocenters. The Morgan fingerprint density at radius 1 is 0.727 bits per heavy atom. The largest absolute Gasteiger partial charge is 0.422 e. The number of nitro benzene ring substituents is 1. The van der Waals surface area contributed by atoms with Gasteiger partial charge in [0.25, 0.3) is 22.7 Å². The second-order valence-electron chi connectivity index (χ2n) is 10.7. The second kappa shape index (κ2) is 18.3. The molecule has 0 fully saturated rings. The van der Waals surface area contributed by atoms with E-state index in [1.54, 1.807) is 95.0 Å². The third-order valence-electron chi connectivity index (χ3n) is 7.36. The van der Waals surface area contributed by atoms with Crippen LogP contribution in [0.5, 0.6) is 5.75 Å². The SMILES string of the molecule is C.N#Cc1c(-c2cccc([N+](=O)[O-])c2)cc(-c2ccccc2OC(=O)c2cccs2)nc1N(C(=O)c1cccs1)C(=O)c1cccs1.O=C(Cl)c1cccs1. The molecule has 16 heteroatoms. The Morgan fingerprint density at radius 3 is 1.80 bits per heavy atom. The molecule has 0 atom stereocenters. The molecule has 0 aliphatic heterocycles. The fourth-order valence-corrected chi connectivity index (χ4v) is 7.62. The van der Waals surface area contributed by atoms with Gasteiger partial charge in [0.15, 0.2) is 5.82 Å². The summed E-state index contributed by atoms with van der Waals surface area (Å²) in [6, 6.07) is 29.1. The third-order valence-corrected chi connectivity index (χ3v) is 11.1. The van der Waals surface area contributed by atoms with Crippen LogP contribution in [0.25, 0.3) is 22.4 Å². The van der Waals surface area contributed by atoms with Gasteiger partial charge in [-0.1, -0.05) is 56.0 Å². The van der Waals surface area contributed by atoms with E-state index in [1.165, 1.54) is 46.9 Å². The number of halogens is 1. The van der Waals surface area contributed by atoms with E-state index in [2.05, 4.69) is 6.07 Å². The maximum atomic E-state index is 14.0. The molecule has 7 rings (SSSR count). The van der Waals surface area contributed by atoms with Crippen molar-refractivity contribution in [1.82, 2.24) is 4.98 Å². The summed E-state index contributed by atoms with van der Waals surface area (Å²) in [6.45, 7) is 0. The van der Waals surface area contributed by atoms with Crippen molar-refractivity contribution in [3.05, 3.63) is 160 Å². The Hall–Kier alpha value is -6.15. The summed E-state index contributed by atoms with van der Waals surface area (Å²) in [7, 11) is 0. The number of nitrogens with zero attached hydrogens (tertiary/aromatic N) is 4. The van der Waals surface area contributed by atoms with E-state index in [9.17, 15) is 34.6 Å². The highest BCUT2D eigenvalue weighted by molar-refractivity contribution is 7.14. The zero-order chi connectivity index (χ0) is 38.2. The monoisotopic (exact) mass is 824 g/mol. The summed E-state index contributed by atoms with van der Waals surface area (Å²) >= 11 is 9.90. The van der Waals surface area contributed by atoms with E-state index in [0.29, 0.717) is 15.3 Å². The lowest BCUT2D eigenvalue weighted by atomic mass is 9.97. The molecular weight excluding hydrogens is 800 g/mol. The van der Waals surface area contributed by atoms with E-state index >= 15 is 0 Å². The number of thiophene rings is 4. The minimum atomic E-state index is -0.711. The van der Waals surface area contributed by atoms with Crippen molar-refractivity contribution in [2.75, 3.05) is 4.90 Å². The molecule has 0 aliphatic rings. The van der Waals surface area contributed by atoms with Crippen molar-refractivity contribution in [1.29, 1.82) is 5.26 Å².